The largest absolute Gasteiger partial charge is 0.481 e. The van der Waals surface area contributed by atoms with Crippen LogP contribution in [0, 0.1) is 0 Å². The molecule has 1 atom stereocenters. The number of hydrogen-bond acceptors (Lipinski definition) is 4. The van der Waals surface area contributed by atoms with Gasteiger partial charge in [-0.1, -0.05) is 0 Å². The van der Waals surface area contributed by atoms with Crippen molar-refractivity contribution in [2.24, 2.45) is 7.05 Å². The molecule has 0 radical (unpaired) electrons. The van der Waals surface area contributed by atoms with Crippen LogP contribution in [0.2, 0.25) is 0 Å². The van der Waals surface area contributed by atoms with E-state index in [1.165, 1.54) is 0 Å². The summed E-state index contributed by atoms with van der Waals surface area (Å²) in [5, 5.41) is 21.7. The first kappa shape index (κ1) is 14.5. The van der Waals surface area contributed by atoms with Crippen LogP contribution in [-0.4, -0.2) is 43.8 Å². The molecule has 1 heterocycles. The Morgan fingerprint density at radius 1 is 1.42 bits per heavy atom. The monoisotopic (exact) mass is 270 g/mol. The topological polar surface area (TPSA) is 134 Å². The van der Waals surface area contributed by atoms with Crippen LogP contribution in [0.1, 0.15) is 12.2 Å². The first-order chi connectivity index (χ1) is 8.90. The molecule has 0 aliphatic rings. The minimum absolute atomic E-state index is 0.106. The van der Waals surface area contributed by atoms with E-state index in [0.717, 1.165) is 0 Å². The van der Waals surface area contributed by atoms with Crippen LogP contribution in [0.25, 0.3) is 0 Å². The summed E-state index contributed by atoms with van der Waals surface area (Å²) in [6, 6.07) is -2.24. The molecule has 0 bridgehead atoms. The van der Waals surface area contributed by atoms with E-state index in [1.54, 1.807) is 24.0 Å². The lowest BCUT2D eigenvalue weighted by atomic mass is 10.2. The third-order valence-electron chi connectivity index (χ3n) is 2.31. The molecule has 1 aromatic heterocycles. The molecule has 0 aliphatic heterocycles. The Labute approximate surface area is 108 Å². The van der Waals surface area contributed by atoms with Gasteiger partial charge in [-0.05, 0) is 0 Å². The number of carbonyl (C=O) groups is 3. The minimum Gasteiger partial charge on any atom is -0.481 e. The van der Waals surface area contributed by atoms with Crippen molar-refractivity contribution in [2.75, 3.05) is 0 Å². The Hall–Kier alpha value is -2.58. The van der Waals surface area contributed by atoms with Gasteiger partial charge in [0.25, 0.3) is 0 Å². The number of aromatic nitrogens is 2. The third kappa shape index (κ3) is 4.66. The van der Waals surface area contributed by atoms with Crippen molar-refractivity contribution in [3.05, 3.63) is 18.2 Å². The lowest BCUT2D eigenvalue weighted by Crippen LogP contribution is -2.46. The lowest BCUT2D eigenvalue weighted by molar-refractivity contribution is -0.145. The third-order valence-corrected chi connectivity index (χ3v) is 2.31. The number of hydrogen-bond donors (Lipinski definition) is 4. The number of carboxylic acid groups (broad SMARTS) is 2. The number of carboxylic acids is 2. The van der Waals surface area contributed by atoms with Crippen LogP contribution in [0.5, 0.6) is 0 Å². The van der Waals surface area contributed by atoms with E-state index in [1.807, 2.05) is 0 Å². The zero-order valence-corrected chi connectivity index (χ0v) is 10.2. The molecule has 9 heteroatoms. The zero-order valence-electron chi connectivity index (χ0n) is 10.2. The van der Waals surface area contributed by atoms with Gasteiger partial charge in [0, 0.05) is 19.4 Å². The first-order valence-electron chi connectivity index (χ1n) is 5.35. The molecule has 0 saturated carbocycles. The van der Waals surface area contributed by atoms with Crippen molar-refractivity contribution < 1.29 is 24.6 Å². The van der Waals surface area contributed by atoms with Crippen molar-refractivity contribution in [2.45, 2.75) is 19.0 Å². The molecule has 19 heavy (non-hydrogen) atoms. The van der Waals surface area contributed by atoms with E-state index in [9.17, 15) is 14.4 Å². The van der Waals surface area contributed by atoms with Gasteiger partial charge in [0.1, 0.15) is 11.9 Å². The number of urea groups is 1. The summed E-state index contributed by atoms with van der Waals surface area (Å²) in [6.45, 7) is 0.106. The van der Waals surface area contributed by atoms with E-state index < -0.39 is 30.4 Å². The van der Waals surface area contributed by atoms with Gasteiger partial charge in [0.05, 0.1) is 13.0 Å². The van der Waals surface area contributed by atoms with E-state index in [0.29, 0.717) is 5.82 Å². The molecule has 2 amide bonds. The quantitative estimate of drug-likeness (QED) is 0.532. The average Bonchev–Trinajstić information content (AvgIpc) is 2.70. The predicted molar refractivity (Wildman–Crippen MR) is 62.3 cm³/mol. The second-order valence-corrected chi connectivity index (χ2v) is 3.77. The van der Waals surface area contributed by atoms with E-state index in [-0.39, 0.29) is 6.54 Å². The number of nitrogens with one attached hydrogen (secondary N) is 2. The molecule has 1 rings (SSSR count). The summed E-state index contributed by atoms with van der Waals surface area (Å²) in [5.41, 5.74) is 0. The van der Waals surface area contributed by atoms with Gasteiger partial charge in [-0.2, -0.15) is 0 Å². The van der Waals surface area contributed by atoms with Crippen molar-refractivity contribution in [3.8, 4) is 0 Å². The fraction of sp³-hybridized carbons (Fsp3) is 0.400. The minimum atomic E-state index is -1.47. The molecule has 9 nitrogen and oxygen atoms in total. The van der Waals surface area contributed by atoms with Gasteiger partial charge in [0.2, 0.25) is 0 Å². The molecule has 0 aromatic carbocycles. The molecule has 0 fully saturated rings. The molecule has 0 spiro atoms. The number of aryl methyl sites for hydroxylation is 1. The SMILES string of the molecule is Cn1ccnc1CNC(=O)NC(CC(=O)O)C(=O)O. The number of rotatable bonds is 6. The summed E-state index contributed by atoms with van der Waals surface area (Å²) in [5.74, 6) is -2.13. The smallest absolute Gasteiger partial charge is 0.326 e. The maximum Gasteiger partial charge on any atom is 0.326 e. The maximum atomic E-state index is 11.4. The Morgan fingerprint density at radius 3 is 2.58 bits per heavy atom. The van der Waals surface area contributed by atoms with Crippen LogP contribution in [0.15, 0.2) is 12.4 Å². The van der Waals surface area contributed by atoms with Gasteiger partial charge in [-0.25, -0.2) is 14.6 Å². The van der Waals surface area contributed by atoms with Crippen LogP contribution >= 0.6 is 0 Å². The van der Waals surface area contributed by atoms with Crippen molar-refractivity contribution in [3.63, 3.8) is 0 Å². The highest BCUT2D eigenvalue weighted by Gasteiger charge is 2.22. The number of carbonyl (C=O) groups excluding carboxylic acids is 1. The molecule has 0 aliphatic carbocycles. The summed E-state index contributed by atoms with van der Waals surface area (Å²) in [7, 11) is 1.74. The highest BCUT2D eigenvalue weighted by atomic mass is 16.4. The molecule has 1 aromatic rings. The molecule has 104 valence electrons. The number of amides is 2. The van der Waals surface area contributed by atoms with Gasteiger partial charge >= 0.3 is 18.0 Å². The normalized spacial score (nSPS) is 11.6. The average molecular weight is 270 g/mol. The van der Waals surface area contributed by atoms with E-state index in [2.05, 4.69) is 15.6 Å². The summed E-state index contributed by atoms with van der Waals surface area (Å²) < 4.78 is 1.69. The number of imidazole rings is 1. The van der Waals surface area contributed by atoms with Gasteiger partial charge in [0.15, 0.2) is 0 Å². The van der Waals surface area contributed by atoms with Gasteiger partial charge in [-0.3, -0.25) is 4.79 Å². The summed E-state index contributed by atoms with van der Waals surface area (Å²) in [4.78, 5) is 36.6. The second kappa shape index (κ2) is 6.38. The fourth-order valence-electron chi connectivity index (χ4n) is 1.31. The van der Waals surface area contributed by atoms with E-state index >= 15 is 0 Å². The van der Waals surface area contributed by atoms with Crippen LogP contribution < -0.4 is 10.6 Å². The number of nitrogens with zero attached hydrogens (tertiary/aromatic N) is 2. The van der Waals surface area contributed by atoms with Gasteiger partial charge in [-0.15, -0.1) is 0 Å². The molecule has 4 N–H and O–H groups in total. The number of aliphatic carboxylic acids is 2. The standard InChI is InChI=1S/C10H14N4O5/c1-14-3-2-11-7(14)5-12-10(19)13-6(9(17)18)4-8(15)16/h2-3,6H,4-5H2,1H3,(H,15,16)(H,17,18)(H2,12,13,19). The molecule has 0 saturated heterocycles. The highest BCUT2D eigenvalue weighted by Crippen LogP contribution is 1.95. The highest BCUT2D eigenvalue weighted by molar-refractivity contribution is 5.86. The molecule has 1 unspecified atom stereocenters. The molecular formula is C10H14N4O5. The zero-order chi connectivity index (χ0) is 14.4. The maximum absolute atomic E-state index is 11.4. The Balaban J connectivity index is 2.47. The Bertz CT molecular complexity index is 484. The van der Waals surface area contributed by atoms with Crippen molar-refractivity contribution in [1.29, 1.82) is 0 Å². The van der Waals surface area contributed by atoms with E-state index in [4.69, 9.17) is 10.2 Å². The second-order valence-electron chi connectivity index (χ2n) is 3.77. The predicted octanol–water partition coefficient (Wildman–Crippen LogP) is -0.853. The van der Waals surface area contributed by atoms with Crippen LogP contribution in [0.3, 0.4) is 0 Å². The fourth-order valence-corrected chi connectivity index (χ4v) is 1.31. The first-order valence-corrected chi connectivity index (χ1v) is 5.35. The van der Waals surface area contributed by atoms with Crippen LogP contribution in [-0.2, 0) is 23.2 Å². The van der Waals surface area contributed by atoms with Gasteiger partial charge < -0.3 is 25.4 Å². The summed E-state index contributed by atoms with van der Waals surface area (Å²) in [6.07, 6.45) is 2.56. The molecular weight excluding hydrogens is 256 g/mol. The Morgan fingerprint density at radius 2 is 2.11 bits per heavy atom. The Kier molecular flexibility index (Phi) is 4.86. The lowest BCUT2D eigenvalue weighted by Gasteiger charge is -2.13. The van der Waals surface area contributed by atoms with Crippen molar-refractivity contribution >= 4 is 18.0 Å². The van der Waals surface area contributed by atoms with Crippen molar-refractivity contribution in [1.82, 2.24) is 20.2 Å². The van der Waals surface area contributed by atoms with Crippen LogP contribution in [0.4, 0.5) is 4.79 Å². The summed E-state index contributed by atoms with van der Waals surface area (Å²) >= 11 is 0.